The molecule has 0 bridgehead atoms. The molecular weight excluding hydrogens is 226 g/mol. The Morgan fingerprint density at radius 3 is 2.38 bits per heavy atom. The third-order valence-electron chi connectivity index (χ3n) is 2.07. The number of anilines is 1. The summed E-state index contributed by atoms with van der Waals surface area (Å²) in [7, 11) is -1.48. The number of rotatable bonds is 5. The summed E-state index contributed by atoms with van der Waals surface area (Å²) in [6.45, 7) is 2.26. The highest BCUT2D eigenvalue weighted by Crippen LogP contribution is 2.12. The maximum Gasteiger partial charge on any atom is 0.264 e. The van der Waals surface area contributed by atoms with Crippen molar-refractivity contribution in [2.45, 2.75) is 13.0 Å². The first-order valence-electron chi connectivity index (χ1n) is 5.03. The molecule has 5 heteroatoms. The quantitative estimate of drug-likeness (QED) is 0.735. The van der Waals surface area contributed by atoms with Crippen molar-refractivity contribution in [2.24, 2.45) is 0 Å². The predicted octanol–water partition coefficient (Wildman–Crippen LogP) is 1.49. The van der Waals surface area contributed by atoms with Crippen molar-refractivity contribution >= 4 is 15.8 Å². The molecular formula is C11H17NO3S. The predicted molar refractivity (Wildman–Crippen MR) is 65.1 cm³/mol. The Hall–Kier alpha value is -1.07. The van der Waals surface area contributed by atoms with Gasteiger partial charge in [0.2, 0.25) is 0 Å². The zero-order valence-corrected chi connectivity index (χ0v) is 10.6. The van der Waals surface area contributed by atoms with Gasteiger partial charge in [0, 0.05) is 19.3 Å². The maximum atomic E-state index is 10.9. The van der Waals surface area contributed by atoms with E-state index in [4.69, 9.17) is 4.18 Å². The number of nitrogens with zero attached hydrogens (tertiary/aromatic N) is 1. The lowest BCUT2D eigenvalue weighted by Gasteiger charge is -2.22. The summed E-state index contributed by atoms with van der Waals surface area (Å²) in [5, 5.41) is 0. The van der Waals surface area contributed by atoms with Gasteiger partial charge in [-0.2, -0.15) is 8.42 Å². The van der Waals surface area contributed by atoms with E-state index in [1.807, 2.05) is 42.3 Å². The van der Waals surface area contributed by atoms with Crippen molar-refractivity contribution in [3.05, 3.63) is 30.3 Å². The van der Waals surface area contributed by atoms with Crippen LogP contribution in [0.1, 0.15) is 6.92 Å². The zero-order valence-electron chi connectivity index (χ0n) is 9.75. The van der Waals surface area contributed by atoms with Crippen LogP contribution in [0.2, 0.25) is 0 Å². The zero-order chi connectivity index (χ0) is 12.2. The Morgan fingerprint density at radius 2 is 1.88 bits per heavy atom. The summed E-state index contributed by atoms with van der Waals surface area (Å²) < 4.78 is 26.7. The molecule has 90 valence electrons. The topological polar surface area (TPSA) is 46.6 Å². The monoisotopic (exact) mass is 243 g/mol. The Kier molecular flexibility index (Phi) is 4.32. The summed E-state index contributed by atoms with van der Waals surface area (Å²) in [5.41, 5.74) is 1.03. The molecule has 0 saturated carbocycles. The number of likely N-dealkylation sites (N-methyl/N-ethyl adjacent to an activating group) is 1. The molecule has 4 nitrogen and oxygen atoms in total. The molecule has 0 N–H and O–H groups in total. The van der Waals surface area contributed by atoms with Crippen LogP contribution in [0.4, 0.5) is 5.69 Å². The summed E-state index contributed by atoms with van der Waals surface area (Å²) >= 11 is 0. The largest absolute Gasteiger partial charge is 0.372 e. The van der Waals surface area contributed by atoms with E-state index in [0.29, 0.717) is 6.54 Å². The Morgan fingerprint density at radius 1 is 1.31 bits per heavy atom. The summed E-state index contributed by atoms with van der Waals surface area (Å²) in [6.07, 6.45) is 0.701. The van der Waals surface area contributed by atoms with E-state index in [2.05, 4.69) is 0 Å². The highest BCUT2D eigenvalue weighted by molar-refractivity contribution is 7.86. The summed E-state index contributed by atoms with van der Waals surface area (Å²) in [5.74, 6) is 0. The third-order valence-corrected chi connectivity index (χ3v) is 2.75. The van der Waals surface area contributed by atoms with Crippen LogP contribution < -0.4 is 4.90 Å². The lowest BCUT2D eigenvalue weighted by Crippen LogP contribution is -2.30. The minimum atomic E-state index is -3.38. The highest BCUT2D eigenvalue weighted by Gasteiger charge is 2.12. The van der Waals surface area contributed by atoms with Gasteiger partial charge in [-0.1, -0.05) is 18.2 Å². The molecule has 1 unspecified atom stereocenters. The molecule has 0 spiro atoms. The van der Waals surface area contributed by atoms with Crippen LogP contribution in [0, 0.1) is 0 Å². The van der Waals surface area contributed by atoms with Gasteiger partial charge in [-0.15, -0.1) is 0 Å². The first-order chi connectivity index (χ1) is 7.38. The molecule has 1 rings (SSSR count). The fraction of sp³-hybridized carbons (Fsp3) is 0.455. The van der Waals surface area contributed by atoms with E-state index in [9.17, 15) is 8.42 Å². The van der Waals surface area contributed by atoms with Crippen LogP contribution in [-0.2, 0) is 14.3 Å². The molecule has 0 radical (unpaired) electrons. The highest BCUT2D eigenvalue weighted by atomic mass is 32.2. The van der Waals surface area contributed by atoms with Gasteiger partial charge >= 0.3 is 0 Å². The summed E-state index contributed by atoms with van der Waals surface area (Å²) in [6, 6.07) is 9.75. The molecule has 0 heterocycles. The van der Waals surface area contributed by atoms with Gasteiger partial charge < -0.3 is 4.90 Å². The van der Waals surface area contributed by atoms with Crippen LogP contribution in [-0.4, -0.2) is 34.4 Å². The van der Waals surface area contributed by atoms with Crippen molar-refractivity contribution < 1.29 is 12.6 Å². The van der Waals surface area contributed by atoms with Crippen molar-refractivity contribution in [2.75, 3.05) is 24.7 Å². The van der Waals surface area contributed by atoms with Crippen LogP contribution >= 0.6 is 0 Å². The first-order valence-corrected chi connectivity index (χ1v) is 6.84. The van der Waals surface area contributed by atoms with Crippen LogP contribution in [0.3, 0.4) is 0 Å². The van der Waals surface area contributed by atoms with Crippen molar-refractivity contribution in [3.8, 4) is 0 Å². The number of hydrogen-bond acceptors (Lipinski definition) is 4. The van der Waals surface area contributed by atoms with Gasteiger partial charge in [-0.25, -0.2) is 0 Å². The second-order valence-electron chi connectivity index (χ2n) is 3.83. The molecule has 0 saturated heterocycles. The molecule has 1 aromatic rings. The van der Waals surface area contributed by atoms with Gasteiger partial charge in [0.25, 0.3) is 10.1 Å². The lowest BCUT2D eigenvalue weighted by atomic mass is 10.3. The average Bonchev–Trinajstić information content (AvgIpc) is 2.16. The SMILES string of the molecule is CC(CN(C)c1ccccc1)OS(C)(=O)=O. The number of hydrogen-bond donors (Lipinski definition) is 0. The molecule has 0 aliphatic heterocycles. The van der Waals surface area contributed by atoms with Crippen molar-refractivity contribution in [1.82, 2.24) is 0 Å². The van der Waals surface area contributed by atoms with E-state index >= 15 is 0 Å². The first kappa shape index (κ1) is 13.0. The van der Waals surface area contributed by atoms with Crippen molar-refractivity contribution in [1.29, 1.82) is 0 Å². The van der Waals surface area contributed by atoms with Crippen LogP contribution in [0.15, 0.2) is 30.3 Å². The Balaban J connectivity index is 2.55. The molecule has 0 amide bonds. The van der Waals surface area contributed by atoms with Gasteiger partial charge in [0.15, 0.2) is 0 Å². The minimum absolute atomic E-state index is 0.361. The van der Waals surface area contributed by atoms with E-state index < -0.39 is 10.1 Å². The van der Waals surface area contributed by atoms with Gasteiger partial charge in [-0.3, -0.25) is 4.18 Å². The van der Waals surface area contributed by atoms with E-state index in [1.165, 1.54) is 0 Å². The fourth-order valence-electron chi connectivity index (χ4n) is 1.50. The standard InChI is InChI=1S/C11H17NO3S/c1-10(15-16(3,13)14)9-12(2)11-7-5-4-6-8-11/h4-8,10H,9H2,1-3H3. The summed E-state index contributed by atoms with van der Waals surface area (Å²) in [4.78, 5) is 1.95. The van der Waals surface area contributed by atoms with Crippen LogP contribution in [0.5, 0.6) is 0 Å². The molecule has 0 aromatic heterocycles. The van der Waals surface area contributed by atoms with E-state index in [-0.39, 0.29) is 6.10 Å². The molecule has 16 heavy (non-hydrogen) atoms. The second-order valence-corrected chi connectivity index (χ2v) is 5.43. The Labute approximate surface area is 97.0 Å². The molecule has 1 atom stereocenters. The second kappa shape index (κ2) is 5.32. The van der Waals surface area contributed by atoms with Gasteiger partial charge in [0.1, 0.15) is 0 Å². The number of benzene rings is 1. The molecule has 0 aliphatic rings. The minimum Gasteiger partial charge on any atom is -0.372 e. The maximum absolute atomic E-state index is 10.9. The van der Waals surface area contributed by atoms with Crippen molar-refractivity contribution in [3.63, 3.8) is 0 Å². The van der Waals surface area contributed by atoms with E-state index in [1.54, 1.807) is 6.92 Å². The normalized spacial score (nSPS) is 13.4. The smallest absolute Gasteiger partial charge is 0.264 e. The molecule has 0 aliphatic carbocycles. The third kappa shape index (κ3) is 4.63. The average molecular weight is 243 g/mol. The fourth-order valence-corrected chi connectivity index (χ4v) is 2.16. The van der Waals surface area contributed by atoms with E-state index in [0.717, 1.165) is 11.9 Å². The van der Waals surface area contributed by atoms with Crippen LogP contribution in [0.25, 0.3) is 0 Å². The lowest BCUT2D eigenvalue weighted by molar-refractivity contribution is 0.237. The Bertz CT molecular complexity index is 416. The molecule has 0 fully saturated rings. The molecule has 1 aromatic carbocycles. The van der Waals surface area contributed by atoms with Gasteiger partial charge in [0.05, 0.1) is 12.4 Å². The van der Waals surface area contributed by atoms with Gasteiger partial charge in [-0.05, 0) is 19.1 Å². The number of para-hydroxylation sites is 1.